The van der Waals surface area contributed by atoms with Crippen LogP contribution in [0.5, 0.6) is 0 Å². The molecule has 3 aliphatic heterocycles. The van der Waals surface area contributed by atoms with Crippen molar-refractivity contribution >= 4 is 29.1 Å². The number of carbonyl (C=O) groups is 2. The minimum atomic E-state index is -0.515. The Hall–Kier alpha value is -2.81. The van der Waals surface area contributed by atoms with Crippen LogP contribution in [0, 0.1) is 0 Å². The third kappa shape index (κ3) is 4.71. The molecule has 2 amide bonds. The molecule has 0 spiro atoms. The molecule has 2 bridgehead atoms. The van der Waals surface area contributed by atoms with Gasteiger partial charge in [0.1, 0.15) is 11.1 Å². The van der Waals surface area contributed by atoms with Crippen LogP contribution in [0.15, 0.2) is 22.6 Å². The number of rotatable bonds is 4. The van der Waals surface area contributed by atoms with Gasteiger partial charge in [0.2, 0.25) is 0 Å². The van der Waals surface area contributed by atoms with Crippen LogP contribution in [0.4, 0.5) is 10.8 Å². The van der Waals surface area contributed by atoms with Crippen LogP contribution in [0.3, 0.4) is 0 Å². The first-order chi connectivity index (χ1) is 16.2. The summed E-state index contributed by atoms with van der Waals surface area (Å²) in [6, 6.07) is 7.12. The number of ether oxygens (including phenoxy) is 1. The lowest BCUT2D eigenvalue weighted by Crippen LogP contribution is -2.57. The molecule has 1 aromatic heterocycles. The summed E-state index contributed by atoms with van der Waals surface area (Å²) in [5, 5.41) is 6.49. The molecule has 0 radical (unpaired) electrons. The minimum absolute atomic E-state index is 0.0245. The SMILES string of the molecule is CN1C2CCCC1CC(NC(=O)c1cccc3oc(NC4CN(C(=O)OC(C)(C)C)C4)nc13)C2. The van der Waals surface area contributed by atoms with E-state index in [2.05, 4.69) is 27.6 Å². The van der Waals surface area contributed by atoms with Crippen LogP contribution in [0.1, 0.15) is 63.2 Å². The van der Waals surface area contributed by atoms with Crippen molar-refractivity contribution < 1.29 is 18.7 Å². The second kappa shape index (κ2) is 8.76. The number of benzene rings is 1. The van der Waals surface area contributed by atoms with E-state index in [9.17, 15) is 9.59 Å². The van der Waals surface area contributed by atoms with Crippen molar-refractivity contribution in [2.24, 2.45) is 0 Å². The fourth-order valence-electron chi connectivity index (χ4n) is 5.41. The summed E-state index contributed by atoms with van der Waals surface area (Å²) in [5.74, 6) is -0.0992. The summed E-state index contributed by atoms with van der Waals surface area (Å²) < 4.78 is 11.3. The number of likely N-dealkylation sites (tertiary alicyclic amines) is 1. The van der Waals surface area contributed by atoms with Crippen LogP contribution < -0.4 is 10.6 Å². The lowest BCUT2D eigenvalue weighted by atomic mass is 9.82. The zero-order chi connectivity index (χ0) is 24.0. The van der Waals surface area contributed by atoms with Crippen molar-refractivity contribution in [2.75, 3.05) is 25.5 Å². The third-order valence-electron chi connectivity index (χ3n) is 7.20. The first-order valence-corrected chi connectivity index (χ1v) is 12.3. The second-order valence-electron chi connectivity index (χ2n) is 10.9. The van der Waals surface area contributed by atoms with E-state index in [0.717, 1.165) is 12.8 Å². The highest BCUT2D eigenvalue weighted by Crippen LogP contribution is 2.33. The lowest BCUT2D eigenvalue weighted by molar-refractivity contribution is 0.0103. The number of hydrogen-bond acceptors (Lipinski definition) is 7. The van der Waals surface area contributed by atoms with E-state index in [1.54, 1.807) is 11.0 Å². The molecule has 2 unspecified atom stereocenters. The molecule has 3 aliphatic rings. The molecule has 3 fully saturated rings. The van der Waals surface area contributed by atoms with E-state index in [-0.39, 0.29) is 24.1 Å². The van der Waals surface area contributed by atoms with Crippen molar-refractivity contribution in [3.63, 3.8) is 0 Å². The third-order valence-corrected chi connectivity index (χ3v) is 7.20. The topological polar surface area (TPSA) is 99.9 Å². The number of anilines is 1. The number of carbonyl (C=O) groups excluding carboxylic acids is 2. The van der Waals surface area contributed by atoms with Gasteiger partial charge < -0.3 is 29.6 Å². The van der Waals surface area contributed by atoms with Gasteiger partial charge in [0.25, 0.3) is 11.9 Å². The van der Waals surface area contributed by atoms with Gasteiger partial charge in [-0.2, -0.15) is 4.98 Å². The second-order valence-corrected chi connectivity index (χ2v) is 10.9. The van der Waals surface area contributed by atoms with Crippen LogP contribution in [-0.2, 0) is 4.74 Å². The maximum absolute atomic E-state index is 13.2. The van der Waals surface area contributed by atoms with E-state index in [0.29, 0.717) is 47.9 Å². The number of piperidine rings is 2. The van der Waals surface area contributed by atoms with E-state index < -0.39 is 5.60 Å². The first kappa shape index (κ1) is 23.0. The van der Waals surface area contributed by atoms with Crippen LogP contribution in [0.2, 0.25) is 0 Å². The monoisotopic (exact) mass is 469 g/mol. The molecule has 9 heteroatoms. The highest BCUT2D eigenvalue weighted by atomic mass is 16.6. The van der Waals surface area contributed by atoms with Gasteiger partial charge in [-0.05, 0) is 65.6 Å². The molecule has 184 valence electrons. The number of nitrogens with zero attached hydrogens (tertiary/aromatic N) is 3. The zero-order valence-corrected chi connectivity index (χ0v) is 20.5. The maximum Gasteiger partial charge on any atom is 0.410 e. The summed E-state index contributed by atoms with van der Waals surface area (Å²) in [4.78, 5) is 34.0. The van der Waals surface area contributed by atoms with Crippen LogP contribution >= 0.6 is 0 Å². The summed E-state index contributed by atoms with van der Waals surface area (Å²) in [6.07, 6.45) is 5.37. The van der Waals surface area contributed by atoms with Crippen molar-refractivity contribution in [3.05, 3.63) is 23.8 Å². The summed E-state index contributed by atoms with van der Waals surface area (Å²) in [7, 11) is 2.21. The van der Waals surface area contributed by atoms with Gasteiger partial charge in [0.15, 0.2) is 5.58 Å². The Morgan fingerprint density at radius 1 is 1.12 bits per heavy atom. The molecule has 0 aliphatic carbocycles. The molecule has 3 saturated heterocycles. The van der Waals surface area contributed by atoms with Gasteiger partial charge in [-0.3, -0.25) is 4.79 Å². The molecule has 4 heterocycles. The standard InChI is InChI=1S/C25H35N5O4/c1-25(2,3)34-24(32)30-13-16(14-30)27-23-28-21-19(9-6-10-20(21)33-23)22(31)26-15-11-17-7-5-8-18(12-15)29(17)4/h6,9-10,15-18H,5,7-8,11-14H2,1-4H3,(H,26,31)(H,27,28). The quantitative estimate of drug-likeness (QED) is 0.706. The van der Waals surface area contributed by atoms with Crippen molar-refractivity contribution in [2.45, 2.75) is 82.6 Å². The van der Waals surface area contributed by atoms with Gasteiger partial charge in [-0.1, -0.05) is 12.5 Å². The Morgan fingerprint density at radius 3 is 2.50 bits per heavy atom. The Bertz CT molecular complexity index is 1060. The number of nitrogens with one attached hydrogen (secondary N) is 2. The molecule has 2 N–H and O–H groups in total. The molecule has 0 saturated carbocycles. The van der Waals surface area contributed by atoms with Gasteiger partial charge in [-0.15, -0.1) is 0 Å². The highest BCUT2D eigenvalue weighted by Gasteiger charge is 2.37. The van der Waals surface area contributed by atoms with Crippen molar-refractivity contribution in [1.29, 1.82) is 0 Å². The summed E-state index contributed by atoms with van der Waals surface area (Å²) >= 11 is 0. The highest BCUT2D eigenvalue weighted by molar-refractivity contribution is 6.04. The van der Waals surface area contributed by atoms with Crippen LogP contribution in [-0.4, -0.2) is 76.7 Å². The van der Waals surface area contributed by atoms with Crippen molar-refractivity contribution in [3.8, 4) is 0 Å². The molecule has 5 rings (SSSR count). The minimum Gasteiger partial charge on any atom is -0.444 e. The number of fused-ring (bicyclic) bond motifs is 3. The Morgan fingerprint density at radius 2 is 1.82 bits per heavy atom. The smallest absolute Gasteiger partial charge is 0.410 e. The maximum atomic E-state index is 13.2. The Labute approximate surface area is 200 Å². The van der Waals surface area contributed by atoms with Crippen LogP contribution in [0.25, 0.3) is 11.1 Å². The van der Waals surface area contributed by atoms with Crippen molar-refractivity contribution in [1.82, 2.24) is 20.1 Å². The van der Waals surface area contributed by atoms with E-state index >= 15 is 0 Å². The summed E-state index contributed by atoms with van der Waals surface area (Å²) in [6.45, 7) is 6.58. The average Bonchev–Trinajstić information content (AvgIpc) is 3.12. The number of hydrogen-bond donors (Lipinski definition) is 2. The largest absolute Gasteiger partial charge is 0.444 e. The van der Waals surface area contributed by atoms with Gasteiger partial charge in [0.05, 0.1) is 11.6 Å². The molecule has 1 aromatic carbocycles. The predicted octanol–water partition coefficient (Wildman–Crippen LogP) is 3.60. The molecular formula is C25H35N5O4. The Balaban J connectivity index is 1.21. The fraction of sp³-hybridized carbons (Fsp3) is 0.640. The van der Waals surface area contributed by atoms with E-state index in [1.807, 2.05) is 32.9 Å². The number of amides is 2. The van der Waals surface area contributed by atoms with E-state index in [4.69, 9.17) is 9.15 Å². The van der Waals surface area contributed by atoms with E-state index in [1.165, 1.54) is 19.3 Å². The number of aromatic nitrogens is 1. The van der Waals surface area contributed by atoms with Gasteiger partial charge in [0, 0.05) is 31.2 Å². The summed E-state index contributed by atoms with van der Waals surface area (Å²) in [5.41, 5.74) is 1.14. The average molecular weight is 470 g/mol. The Kier molecular flexibility index (Phi) is 5.91. The zero-order valence-electron chi connectivity index (χ0n) is 20.5. The number of para-hydroxylation sites is 1. The van der Waals surface area contributed by atoms with Gasteiger partial charge in [-0.25, -0.2) is 4.79 Å². The molecule has 9 nitrogen and oxygen atoms in total. The molecule has 2 aromatic rings. The predicted molar refractivity (Wildman–Crippen MR) is 129 cm³/mol. The molecule has 2 atom stereocenters. The normalized spacial score (nSPS) is 25.6. The molecular weight excluding hydrogens is 434 g/mol. The number of oxazole rings is 1. The first-order valence-electron chi connectivity index (χ1n) is 12.3. The van der Waals surface area contributed by atoms with Gasteiger partial charge >= 0.3 is 6.09 Å². The molecule has 34 heavy (non-hydrogen) atoms. The fourth-order valence-corrected chi connectivity index (χ4v) is 5.41. The lowest BCUT2D eigenvalue weighted by Gasteiger charge is -2.47.